The molecule has 1 aromatic carbocycles. The zero-order valence-corrected chi connectivity index (χ0v) is 15.2. The summed E-state index contributed by atoms with van der Waals surface area (Å²) in [6.07, 6.45) is 6.30. The molecule has 0 amide bonds. The van der Waals surface area contributed by atoms with E-state index < -0.39 is 10.0 Å². The standard InChI is InChI=1S/C20H20N2O3S/c23-19(13-15-7-4-5-8-15)18-14-16-9-6-12-21-20(16)22(18)26(24,25)17-10-2-1-3-11-17/h1-3,6,9-12,14-15H,4-5,7-8,13H2. The van der Waals surface area contributed by atoms with E-state index in [0.29, 0.717) is 23.4 Å². The maximum absolute atomic E-state index is 13.2. The van der Waals surface area contributed by atoms with Gasteiger partial charge in [0.15, 0.2) is 11.4 Å². The van der Waals surface area contributed by atoms with Crippen molar-refractivity contribution < 1.29 is 13.2 Å². The lowest BCUT2D eigenvalue weighted by Gasteiger charge is -2.12. The molecule has 1 saturated carbocycles. The number of ketones is 1. The van der Waals surface area contributed by atoms with Crippen molar-refractivity contribution in [1.29, 1.82) is 0 Å². The molecule has 0 radical (unpaired) electrons. The third-order valence-corrected chi connectivity index (χ3v) is 6.75. The number of hydrogen-bond acceptors (Lipinski definition) is 4. The van der Waals surface area contributed by atoms with E-state index >= 15 is 0 Å². The van der Waals surface area contributed by atoms with E-state index in [-0.39, 0.29) is 16.4 Å². The van der Waals surface area contributed by atoms with Gasteiger partial charge >= 0.3 is 0 Å². The lowest BCUT2D eigenvalue weighted by molar-refractivity contribution is 0.0956. The number of Topliss-reactive ketones (excluding diaryl/α,β-unsaturated/α-hetero) is 1. The fraction of sp³-hybridized carbons (Fsp3) is 0.300. The van der Waals surface area contributed by atoms with Crippen molar-refractivity contribution in [2.75, 3.05) is 0 Å². The second kappa shape index (κ2) is 6.68. The summed E-state index contributed by atoms with van der Waals surface area (Å²) in [6, 6.07) is 13.4. The van der Waals surface area contributed by atoms with Crippen LogP contribution in [0.2, 0.25) is 0 Å². The van der Waals surface area contributed by atoms with Crippen LogP contribution in [0.15, 0.2) is 59.6 Å². The summed E-state index contributed by atoms with van der Waals surface area (Å²) < 4.78 is 27.6. The number of carbonyl (C=O) groups is 1. The fourth-order valence-corrected chi connectivity index (χ4v) is 5.23. The Bertz CT molecular complexity index is 1050. The molecule has 3 aromatic rings. The predicted molar refractivity (Wildman–Crippen MR) is 99.7 cm³/mol. The summed E-state index contributed by atoms with van der Waals surface area (Å²) in [5.74, 6) is 0.218. The van der Waals surface area contributed by atoms with Gasteiger partial charge in [-0.15, -0.1) is 0 Å². The number of pyridine rings is 1. The number of carbonyl (C=O) groups excluding carboxylic acids is 1. The molecule has 0 N–H and O–H groups in total. The van der Waals surface area contributed by atoms with Gasteiger partial charge in [0.1, 0.15) is 5.69 Å². The van der Waals surface area contributed by atoms with Crippen LogP contribution in [0.1, 0.15) is 42.6 Å². The fourth-order valence-electron chi connectivity index (χ4n) is 3.73. The Hall–Kier alpha value is -2.47. The Morgan fingerprint density at radius 1 is 1.08 bits per heavy atom. The SMILES string of the molecule is O=C(CC1CCCC1)c1cc2cccnc2n1S(=O)(=O)c1ccccc1. The first kappa shape index (κ1) is 17.0. The number of benzene rings is 1. The molecule has 26 heavy (non-hydrogen) atoms. The number of nitrogens with zero attached hydrogens (tertiary/aromatic N) is 2. The molecular formula is C20H20N2O3S. The summed E-state index contributed by atoms with van der Waals surface area (Å²) >= 11 is 0. The van der Waals surface area contributed by atoms with Crippen molar-refractivity contribution in [2.24, 2.45) is 5.92 Å². The molecule has 5 nitrogen and oxygen atoms in total. The Balaban J connectivity index is 1.86. The average Bonchev–Trinajstić information content (AvgIpc) is 3.29. The van der Waals surface area contributed by atoms with Gasteiger partial charge in [-0.1, -0.05) is 43.9 Å². The zero-order valence-electron chi connectivity index (χ0n) is 14.3. The number of fused-ring (bicyclic) bond motifs is 1. The van der Waals surface area contributed by atoms with E-state index in [9.17, 15) is 13.2 Å². The molecule has 134 valence electrons. The molecule has 1 aliphatic rings. The van der Waals surface area contributed by atoms with Crippen LogP contribution >= 0.6 is 0 Å². The van der Waals surface area contributed by atoms with Gasteiger partial charge in [0.25, 0.3) is 10.0 Å². The highest BCUT2D eigenvalue weighted by molar-refractivity contribution is 7.90. The number of aromatic nitrogens is 2. The van der Waals surface area contributed by atoms with Crippen LogP contribution in [0.4, 0.5) is 0 Å². The second-order valence-corrected chi connectivity index (χ2v) is 8.59. The summed E-state index contributed by atoms with van der Waals surface area (Å²) in [4.78, 5) is 17.3. The van der Waals surface area contributed by atoms with E-state index in [1.54, 1.807) is 42.6 Å². The molecule has 0 aliphatic heterocycles. The molecule has 0 saturated heterocycles. The third kappa shape index (κ3) is 2.94. The van der Waals surface area contributed by atoms with Gasteiger partial charge in [-0.25, -0.2) is 17.4 Å². The van der Waals surface area contributed by atoms with Crippen molar-refractivity contribution in [3.8, 4) is 0 Å². The lowest BCUT2D eigenvalue weighted by atomic mass is 10.00. The van der Waals surface area contributed by atoms with E-state index in [1.807, 2.05) is 0 Å². The smallest absolute Gasteiger partial charge is 0.270 e. The van der Waals surface area contributed by atoms with Crippen LogP contribution < -0.4 is 0 Å². The average molecular weight is 368 g/mol. The lowest BCUT2D eigenvalue weighted by Crippen LogP contribution is -2.20. The molecule has 0 unspecified atom stereocenters. The van der Waals surface area contributed by atoms with Crippen LogP contribution in [0.25, 0.3) is 11.0 Å². The summed E-state index contributed by atoms with van der Waals surface area (Å²) in [7, 11) is -3.90. The maximum Gasteiger partial charge on any atom is 0.270 e. The topological polar surface area (TPSA) is 69.0 Å². The molecule has 2 aromatic heterocycles. The molecule has 1 fully saturated rings. The molecule has 2 heterocycles. The van der Waals surface area contributed by atoms with Crippen molar-refractivity contribution in [2.45, 2.75) is 37.0 Å². The quantitative estimate of drug-likeness (QED) is 0.638. The molecule has 1 aliphatic carbocycles. The third-order valence-electron chi connectivity index (χ3n) is 5.04. The predicted octanol–water partition coefficient (Wildman–Crippen LogP) is 4.04. The van der Waals surface area contributed by atoms with Gasteiger partial charge in [0.2, 0.25) is 0 Å². The first-order valence-electron chi connectivity index (χ1n) is 8.87. The number of hydrogen-bond donors (Lipinski definition) is 0. The van der Waals surface area contributed by atoms with Crippen LogP contribution in [-0.4, -0.2) is 23.2 Å². The molecule has 0 spiro atoms. The molecular weight excluding hydrogens is 348 g/mol. The van der Waals surface area contributed by atoms with Crippen LogP contribution in [0.5, 0.6) is 0 Å². The monoisotopic (exact) mass is 368 g/mol. The molecule has 4 rings (SSSR count). The van der Waals surface area contributed by atoms with Crippen molar-refractivity contribution in [3.05, 3.63) is 60.4 Å². The summed E-state index contributed by atoms with van der Waals surface area (Å²) in [5, 5.41) is 0.654. The van der Waals surface area contributed by atoms with Gasteiger partial charge in [-0.3, -0.25) is 4.79 Å². The Morgan fingerprint density at radius 2 is 1.81 bits per heavy atom. The highest BCUT2D eigenvalue weighted by atomic mass is 32.2. The Kier molecular flexibility index (Phi) is 4.36. The van der Waals surface area contributed by atoms with Gasteiger partial charge in [-0.05, 0) is 36.2 Å². The second-order valence-electron chi connectivity index (χ2n) is 6.81. The van der Waals surface area contributed by atoms with Gasteiger partial charge in [0, 0.05) is 18.0 Å². The van der Waals surface area contributed by atoms with Gasteiger partial charge in [-0.2, -0.15) is 0 Å². The van der Waals surface area contributed by atoms with Gasteiger partial charge in [0.05, 0.1) is 4.90 Å². The zero-order chi connectivity index (χ0) is 18.1. The highest BCUT2D eigenvalue weighted by Crippen LogP contribution is 2.31. The van der Waals surface area contributed by atoms with Crippen LogP contribution in [-0.2, 0) is 10.0 Å². The summed E-state index contributed by atoms with van der Waals surface area (Å²) in [6.45, 7) is 0. The Labute approximate surface area is 152 Å². The van der Waals surface area contributed by atoms with E-state index in [2.05, 4.69) is 4.98 Å². The maximum atomic E-state index is 13.2. The minimum absolute atomic E-state index is 0.130. The van der Waals surface area contributed by atoms with Crippen molar-refractivity contribution >= 4 is 26.8 Å². The summed E-state index contributed by atoms with van der Waals surface area (Å²) in [5.41, 5.74) is 0.501. The van der Waals surface area contributed by atoms with E-state index in [4.69, 9.17) is 0 Å². The van der Waals surface area contributed by atoms with Crippen molar-refractivity contribution in [3.63, 3.8) is 0 Å². The van der Waals surface area contributed by atoms with Crippen LogP contribution in [0, 0.1) is 5.92 Å². The van der Waals surface area contributed by atoms with Crippen LogP contribution in [0.3, 0.4) is 0 Å². The first-order chi connectivity index (χ1) is 12.6. The number of rotatable bonds is 5. The normalized spacial score (nSPS) is 15.5. The first-order valence-corrected chi connectivity index (χ1v) is 10.3. The van der Waals surface area contributed by atoms with E-state index in [1.165, 1.54) is 12.1 Å². The van der Waals surface area contributed by atoms with Gasteiger partial charge < -0.3 is 0 Å². The molecule has 6 heteroatoms. The minimum Gasteiger partial charge on any atom is -0.292 e. The molecule has 0 bridgehead atoms. The molecule has 0 atom stereocenters. The van der Waals surface area contributed by atoms with E-state index in [0.717, 1.165) is 29.7 Å². The largest absolute Gasteiger partial charge is 0.292 e. The van der Waals surface area contributed by atoms with Crippen molar-refractivity contribution in [1.82, 2.24) is 8.96 Å². The minimum atomic E-state index is -3.90. The Morgan fingerprint density at radius 3 is 2.54 bits per heavy atom. The highest BCUT2D eigenvalue weighted by Gasteiger charge is 2.28.